The smallest absolute Gasteiger partial charge is 0.276 e. The van der Waals surface area contributed by atoms with E-state index in [1.807, 2.05) is 30.3 Å². The van der Waals surface area contributed by atoms with E-state index in [1.54, 1.807) is 6.20 Å². The summed E-state index contributed by atoms with van der Waals surface area (Å²) in [4.78, 5) is 12.8. The number of guanidine groups is 1. The fourth-order valence-corrected chi connectivity index (χ4v) is 2.39. The first-order valence-electron chi connectivity index (χ1n) is 8.52. The number of aliphatic imine (C=N–C) groups is 1. The Morgan fingerprint density at radius 1 is 1.23 bits per heavy atom. The Labute approximate surface area is 152 Å². The van der Waals surface area contributed by atoms with Crippen molar-refractivity contribution in [2.45, 2.75) is 26.2 Å². The van der Waals surface area contributed by atoms with Gasteiger partial charge in [0.25, 0.3) is 5.89 Å². The quantitative estimate of drug-likeness (QED) is 0.523. The van der Waals surface area contributed by atoms with Crippen LogP contribution in [-0.2, 0) is 6.42 Å². The second-order valence-electron chi connectivity index (χ2n) is 6.15. The number of nitrogens with two attached hydrogens (primary N) is 1. The largest absolute Gasteiger partial charge is 0.370 e. The van der Waals surface area contributed by atoms with Gasteiger partial charge in [-0.2, -0.15) is 4.98 Å². The number of pyridine rings is 1. The minimum atomic E-state index is 0.361. The minimum Gasteiger partial charge on any atom is -0.370 e. The minimum absolute atomic E-state index is 0.361. The highest BCUT2D eigenvalue weighted by molar-refractivity contribution is 5.92. The lowest BCUT2D eigenvalue weighted by Crippen LogP contribution is -2.23. The van der Waals surface area contributed by atoms with Crippen LogP contribution in [0.15, 0.2) is 58.2 Å². The van der Waals surface area contributed by atoms with Gasteiger partial charge >= 0.3 is 0 Å². The summed E-state index contributed by atoms with van der Waals surface area (Å²) >= 11 is 0. The van der Waals surface area contributed by atoms with Gasteiger partial charge in [-0.05, 0) is 35.7 Å². The van der Waals surface area contributed by atoms with E-state index >= 15 is 0 Å². The van der Waals surface area contributed by atoms with E-state index in [0.29, 0.717) is 42.3 Å². The van der Waals surface area contributed by atoms with Crippen LogP contribution in [0.4, 0.5) is 5.69 Å². The molecule has 0 fully saturated rings. The van der Waals surface area contributed by atoms with Crippen LogP contribution in [0.3, 0.4) is 0 Å². The predicted molar refractivity (Wildman–Crippen MR) is 102 cm³/mol. The fourth-order valence-electron chi connectivity index (χ4n) is 2.39. The molecule has 2 heterocycles. The third-order valence-corrected chi connectivity index (χ3v) is 3.80. The van der Waals surface area contributed by atoms with Crippen molar-refractivity contribution >= 4 is 11.6 Å². The average Bonchev–Trinajstić information content (AvgIpc) is 3.11. The zero-order valence-electron chi connectivity index (χ0n) is 14.9. The van der Waals surface area contributed by atoms with Gasteiger partial charge < -0.3 is 15.6 Å². The molecule has 3 N–H and O–H groups in total. The molecule has 0 atom stereocenters. The third kappa shape index (κ3) is 4.66. The summed E-state index contributed by atoms with van der Waals surface area (Å²) in [5, 5.41) is 7.06. The van der Waals surface area contributed by atoms with Gasteiger partial charge in [0.2, 0.25) is 0 Å². The molecule has 0 radical (unpaired) electrons. The maximum atomic E-state index is 5.96. The molecule has 0 bridgehead atoms. The molecular formula is C19H22N6O. The molecule has 26 heavy (non-hydrogen) atoms. The van der Waals surface area contributed by atoms with Gasteiger partial charge in [-0.25, -0.2) is 0 Å². The van der Waals surface area contributed by atoms with Gasteiger partial charge in [-0.15, -0.1) is 0 Å². The van der Waals surface area contributed by atoms with E-state index in [2.05, 4.69) is 51.4 Å². The van der Waals surface area contributed by atoms with Crippen molar-refractivity contribution < 1.29 is 4.52 Å². The van der Waals surface area contributed by atoms with Crippen molar-refractivity contribution in [1.29, 1.82) is 0 Å². The number of hydrogen-bond acceptors (Lipinski definition) is 5. The summed E-state index contributed by atoms with van der Waals surface area (Å²) < 4.78 is 5.22. The normalized spacial score (nSPS) is 11.7. The van der Waals surface area contributed by atoms with Crippen LogP contribution >= 0.6 is 0 Å². The summed E-state index contributed by atoms with van der Waals surface area (Å²) in [6, 6.07) is 13.7. The molecule has 0 spiro atoms. The molecule has 3 aromatic rings. The Balaban J connectivity index is 1.55. The van der Waals surface area contributed by atoms with Gasteiger partial charge in [0, 0.05) is 24.8 Å². The van der Waals surface area contributed by atoms with Crippen molar-refractivity contribution in [2.24, 2.45) is 10.7 Å². The summed E-state index contributed by atoms with van der Waals surface area (Å²) in [5.41, 5.74) is 8.78. The Kier molecular flexibility index (Phi) is 5.58. The molecule has 7 heteroatoms. The number of hydrogen-bond donors (Lipinski definition) is 2. The van der Waals surface area contributed by atoms with Crippen molar-refractivity contribution in [3.63, 3.8) is 0 Å². The Morgan fingerprint density at radius 2 is 2.12 bits per heavy atom. The lowest BCUT2D eigenvalue weighted by atomic mass is 10.0. The molecule has 0 aliphatic heterocycles. The molecule has 0 amide bonds. The van der Waals surface area contributed by atoms with Crippen LogP contribution in [0.1, 0.15) is 31.2 Å². The first kappa shape index (κ1) is 17.6. The number of rotatable bonds is 6. The number of anilines is 1. The van der Waals surface area contributed by atoms with Crippen LogP contribution in [0.5, 0.6) is 0 Å². The topological polar surface area (TPSA) is 102 Å². The molecule has 1 aromatic carbocycles. The molecule has 0 unspecified atom stereocenters. The molecule has 0 saturated carbocycles. The Bertz CT molecular complexity index is 873. The SMILES string of the molecule is CC(C)c1cccc(NC(N)=NCCc2noc(-c3ccccn3)n2)c1. The third-order valence-electron chi connectivity index (χ3n) is 3.80. The van der Waals surface area contributed by atoms with E-state index in [0.717, 1.165) is 5.69 Å². The first-order chi connectivity index (χ1) is 12.6. The van der Waals surface area contributed by atoms with Crippen molar-refractivity contribution in [1.82, 2.24) is 15.1 Å². The van der Waals surface area contributed by atoms with Crippen LogP contribution in [0.25, 0.3) is 11.6 Å². The molecule has 0 aliphatic carbocycles. The molecule has 0 aliphatic rings. The average molecular weight is 350 g/mol. The van der Waals surface area contributed by atoms with Gasteiger partial charge in [0.1, 0.15) is 5.69 Å². The van der Waals surface area contributed by atoms with Crippen LogP contribution in [0, 0.1) is 0 Å². The highest BCUT2D eigenvalue weighted by atomic mass is 16.5. The second kappa shape index (κ2) is 8.24. The Hall–Kier alpha value is -3.22. The van der Waals surface area contributed by atoms with Crippen LogP contribution in [0.2, 0.25) is 0 Å². The lowest BCUT2D eigenvalue weighted by Gasteiger charge is -2.09. The molecule has 134 valence electrons. The molecule has 7 nitrogen and oxygen atoms in total. The number of nitrogens with one attached hydrogen (secondary N) is 1. The van der Waals surface area contributed by atoms with E-state index in [1.165, 1.54) is 5.56 Å². The van der Waals surface area contributed by atoms with Crippen molar-refractivity contribution in [3.05, 3.63) is 60.0 Å². The van der Waals surface area contributed by atoms with E-state index < -0.39 is 0 Å². The summed E-state index contributed by atoms with van der Waals surface area (Å²) in [7, 11) is 0. The van der Waals surface area contributed by atoms with E-state index in [4.69, 9.17) is 10.3 Å². The summed E-state index contributed by atoms with van der Waals surface area (Å²) in [6.07, 6.45) is 2.22. The van der Waals surface area contributed by atoms with Crippen LogP contribution in [-0.4, -0.2) is 27.6 Å². The summed E-state index contributed by atoms with van der Waals surface area (Å²) in [5.74, 6) is 1.80. The molecule has 0 saturated heterocycles. The molecule has 2 aromatic heterocycles. The van der Waals surface area contributed by atoms with Crippen molar-refractivity contribution in [2.75, 3.05) is 11.9 Å². The molecule has 3 rings (SSSR count). The standard InChI is InChI=1S/C19H22N6O/c1-13(2)14-6-5-7-15(12-14)23-19(20)22-11-9-17-24-18(26-25-17)16-8-3-4-10-21-16/h3-8,10,12-13H,9,11H2,1-2H3,(H3,20,22,23). The number of benzene rings is 1. The Morgan fingerprint density at radius 3 is 2.88 bits per heavy atom. The maximum absolute atomic E-state index is 5.96. The summed E-state index contributed by atoms with van der Waals surface area (Å²) in [6.45, 7) is 4.77. The van der Waals surface area contributed by atoms with Gasteiger partial charge in [-0.3, -0.25) is 9.98 Å². The van der Waals surface area contributed by atoms with Gasteiger partial charge in [0.15, 0.2) is 11.8 Å². The number of aromatic nitrogens is 3. The molecular weight excluding hydrogens is 328 g/mol. The number of nitrogens with zero attached hydrogens (tertiary/aromatic N) is 4. The zero-order valence-corrected chi connectivity index (χ0v) is 14.9. The second-order valence-corrected chi connectivity index (χ2v) is 6.15. The van der Waals surface area contributed by atoms with Gasteiger partial charge in [-0.1, -0.05) is 37.2 Å². The lowest BCUT2D eigenvalue weighted by molar-refractivity contribution is 0.421. The van der Waals surface area contributed by atoms with Crippen LogP contribution < -0.4 is 11.1 Å². The fraction of sp³-hybridized carbons (Fsp3) is 0.263. The maximum Gasteiger partial charge on any atom is 0.276 e. The zero-order chi connectivity index (χ0) is 18.4. The predicted octanol–water partition coefficient (Wildman–Crippen LogP) is 3.22. The monoisotopic (exact) mass is 350 g/mol. The van der Waals surface area contributed by atoms with E-state index in [9.17, 15) is 0 Å². The highest BCUT2D eigenvalue weighted by Crippen LogP contribution is 2.18. The van der Waals surface area contributed by atoms with Gasteiger partial charge in [0.05, 0.1) is 0 Å². The van der Waals surface area contributed by atoms with E-state index in [-0.39, 0.29) is 0 Å². The first-order valence-corrected chi connectivity index (χ1v) is 8.52. The van der Waals surface area contributed by atoms with Crippen molar-refractivity contribution in [3.8, 4) is 11.6 Å². The highest BCUT2D eigenvalue weighted by Gasteiger charge is 2.09.